The van der Waals surface area contributed by atoms with E-state index < -0.39 is 0 Å². The standard InChI is InChI=1S/C63H43NO/c1-3-15-41(16-4-1)43-29-32-49(33-30-43)64(58-38-46-21-9-10-22-51(46)53-23-11-12-24-55(53)58)50-34-36-54-52(44-18-5-2-6-19-44)35-31-48-39-60-63(56-25-13-14-26-59(56)65-60)62(61(48)57(54)40-50)47-28-27-42-17-7-8-20-45(42)37-47/h1-30,32-34,36-40,52H,31,35H2. The van der Waals surface area contributed by atoms with Gasteiger partial charge in [-0.3, -0.25) is 0 Å². The minimum Gasteiger partial charge on any atom is -0.456 e. The molecule has 13 rings (SSSR count). The number of hydrogen-bond donors (Lipinski definition) is 0. The number of nitrogens with zero attached hydrogens (tertiary/aromatic N) is 1. The van der Waals surface area contributed by atoms with Crippen LogP contribution in [0.1, 0.15) is 29.0 Å². The van der Waals surface area contributed by atoms with Crippen molar-refractivity contribution >= 4 is 71.3 Å². The highest BCUT2D eigenvalue weighted by Crippen LogP contribution is 2.52. The number of rotatable bonds is 6. The molecule has 0 radical (unpaired) electrons. The maximum absolute atomic E-state index is 6.80. The van der Waals surface area contributed by atoms with Gasteiger partial charge in [0, 0.05) is 39.0 Å². The summed E-state index contributed by atoms with van der Waals surface area (Å²) < 4.78 is 6.80. The zero-order valence-corrected chi connectivity index (χ0v) is 35.8. The summed E-state index contributed by atoms with van der Waals surface area (Å²) in [6, 6.07) is 84.9. The van der Waals surface area contributed by atoms with Crippen LogP contribution in [0.3, 0.4) is 0 Å². The molecule has 1 heterocycles. The second kappa shape index (κ2) is 15.3. The molecule has 1 unspecified atom stereocenters. The first kappa shape index (κ1) is 37.4. The highest BCUT2D eigenvalue weighted by atomic mass is 16.3. The molecule has 2 heteroatoms. The van der Waals surface area contributed by atoms with Crippen LogP contribution in [-0.4, -0.2) is 0 Å². The first-order chi connectivity index (χ1) is 32.2. The van der Waals surface area contributed by atoms with E-state index in [1.807, 2.05) is 0 Å². The minimum absolute atomic E-state index is 0.195. The first-order valence-corrected chi connectivity index (χ1v) is 22.8. The van der Waals surface area contributed by atoms with Crippen molar-refractivity contribution in [2.75, 3.05) is 4.90 Å². The van der Waals surface area contributed by atoms with Gasteiger partial charge in [-0.25, -0.2) is 0 Å². The van der Waals surface area contributed by atoms with Gasteiger partial charge in [-0.15, -0.1) is 0 Å². The van der Waals surface area contributed by atoms with Gasteiger partial charge in [-0.2, -0.15) is 0 Å². The van der Waals surface area contributed by atoms with E-state index in [-0.39, 0.29) is 5.92 Å². The molecule has 1 aliphatic carbocycles. The highest BCUT2D eigenvalue weighted by molar-refractivity contribution is 6.18. The van der Waals surface area contributed by atoms with Crippen LogP contribution in [0.15, 0.2) is 235 Å². The van der Waals surface area contributed by atoms with E-state index in [9.17, 15) is 0 Å². The molecule has 0 bridgehead atoms. The molecule has 0 saturated carbocycles. The van der Waals surface area contributed by atoms with Crippen molar-refractivity contribution in [3.8, 4) is 33.4 Å². The summed E-state index contributed by atoms with van der Waals surface area (Å²) in [6.45, 7) is 0. The monoisotopic (exact) mass is 829 g/mol. The summed E-state index contributed by atoms with van der Waals surface area (Å²) in [5.74, 6) is 0.195. The summed E-state index contributed by atoms with van der Waals surface area (Å²) in [7, 11) is 0. The normalized spacial score (nSPS) is 13.6. The Morgan fingerprint density at radius 1 is 0.400 bits per heavy atom. The lowest BCUT2D eigenvalue weighted by Gasteiger charge is -2.29. The van der Waals surface area contributed by atoms with Crippen LogP contribution < -0.4 is 4.90 Å². The molecule has 0 N–H and O–H groups in total. The average molecular weight is 830 g/mol. The molecule has 1 aliphatic rings. The molecule has 0 fully saturated rings. The second-order valence-corrected chi connectivity index (χ2v) is 17.5. The quantitative estimate of drug-likeness (QED) is 0.155. The number of benzene rings is 11. The van der Waals surface area contributed by atoms with Crippen LogP contribution >= 0.6 is 0 Å². The third-order valence-electron chi connectivity index (χ3n) is 13.9. The molecule has 0 spiro atoms. The van der Waals surface area contributed by atoms with Crippen LogP contribution in [0, 0.1) is 0 Å². The summed E-state index contributed by atoms with van der Waals surface area (Å²) in [4.78, 5) is 2.49. The molecule has 1 aromatic heterocycles. The van der Waals surface area contributed by atoms with Crippen LogP contribution in [0.4, 0.5) is 17.1 Å². The Bertz CT molecular complexity index is 3770. The zero-order chi connectivity index (χ0) is 42.8. The zero-order valence-electron chi connectivity index (χ0n) is 35.8. The molecule has 306 valence electrons. The van der Waals surface area contributed by atoms with Crippen molar-refractivity contribution in [3.05, 3.63) is 247 Å². The molecule has 0 saturated heterocycles. The summed E-state index contributed by atoms with van der Waals surface area (Å²) in [5.41, 5.74) is 16.6. The minimum atomic E-state index is 0.195. The number of furan rings is 1. The Morgan fingerprint density at radius 2 is 1.03 bits per heavy atom. The molecule has 2 nitrogen and oxygen atoms in total. The van der Waals surface area contributed by atoms with Crippen molar-refractivity contribution in [3.63, 3.8) is 0 Å². The Kier molecular flexibility index (Phi) is 8.77. The fraction of sp³-hybridized carbons (Fsp3) is 0.0476. The van der Waals surface area contributed by atoms with Crippen molar-refractivity contribution < 1.29 is 4.42 Å². The molecule has 0 amide bonds. The van der Waals surface area contributed by atoms with Crippen molar-refractivity contribution in [2.24, 2.45) is 0 Å². The van der Waals surface area contributed by atoms with Crippen molar-refractivity contribution in [1.29, 1.82) is 0 Å². The fourth-order valence-electron chi connectivity index (χ4n) is 10.8. The van der Waals surface area contributed by atoms with Crippen LogP contribution in [-0.2, 0) is 6.42 Å². The number of hydrogen-bond acceptors (Lipinski definition) is 2. The smallest absolute Gasteiger partial charge is 0.136 e. The van der Waals surface area contributed by atoms with Crippen molar-refractivity contribution in [1.82, 2.24) is 0 Å². The second-order valence-electron chi connectivity index (χ2n) is 17.5. The Balaban J connectivity index is 1.13. The van der Waals surface area contributed by atoms with Gasteiger partial charge in [-0.05, 0) is 133 Å². The molecule has 12 aromatic rings. The summed E-state index contributed by atoms with van der Waals surface area (Å²) in [6.07, 6.45) is 1.89. The third kappa shape index (κ3) is 6.25. The lowest BCUT2D eigenvalue weighted by Crippen LogP contribution is -2.12. The maximum Gasteiger partial charge on any atom is 0.136 e. The summed E-state index contributed by atoms with van der Waals surface area (Å²) in [5, 5.41) is 9.67. The molecule has 11 aromatic carbocycles. The topological polar surface area (TPSA) is 16.4 Å². The number of para-hydroxylation sites is 1. The van der Waals surface area contributed by atoms with E-state index in [1.54, 1.807) is 0 Å². The van der Waals surface area contributed by atoms with Gasteiger partial charge in [0.15, 0.2) is 0 Å². The van der Waals surface area contributed by atoms with E-state index in [0.717, 1.165) is 51.8 Å². The van der Waals surface area contributed by atoms with E-state index >= 15 is 0 Å². The molecule has 0 aliphatic heterocycles. The number of anilines is 3. The van der Waals surface area contributed by atoms with Crippen LogP contribution in [0.25, 0.3) is 87.6 Å². The van der Waals surface area contributed by atoms with Crippen LogP contribution in [0.5, 0.6) is 0 Å². The third-order valence-corrected chi connectivity index (χ3v) is 13.9. The molecular formula is C63H43NO. The van der Waals surface area contributed by atoms with Gasteiger partial charge >= 0.3 is 0 Å². The van der Waals surface area contributed by atoms with Gasteiger partial charge in [-0.1, -0.05) is 182 Å². The predicted octanol–water partition coefficient (Wildman–Crippen LogP) is 17.6. The van der Waals surface area contributed by atoms with Gasteiger partial charge in [0.1, 0.15) is 11.2 Å². The maximum atomic E-state index is 6.80. The Labute approximate surface area is 378 Å². The Morgan fingerprint density at radius 3 is 1.85 bits per heavy atom. The SMILES string of the molecule is c1ccc(-c2ccc(N(c3ccc4c(c3)-c3c(cc5oc6ccccc6c5c3-c3ccc5ccccc5c3)CCC4c3ccccc3)c3cc4ccccc4c4ccccc34)cc2)cc1. The Hall–Kier alpha value is -8.20. The van der Waals surface area contributed by atoms with Gasteiger partial charge < -0.3 is 9.32 Å². The summed E-state index contributed by atoms with van der Waals surface area (Å²) >= 11 is 0. The van der Waals surface area contributed by atoms with E-state index in [1.165, 1.54) is 82.4 Å². The average Bonchev–Trinajstić information content (AvgIpc) is 3.67. The number of aryl methyl sites for hydroxylation is 1. The lowest BCUT2D eigenvalue weighted by molar-refractivity contribution is 0.667. The van der Waals surface area contributed by atoms with Gasteiger partial charge in [0.2, 0.25) is 0 Å². The predicted molar refractivity (Wildman–Crippen MR) is 274 cm³/mol. The number of fused-ring (bicyclic) bond motifs is 10. The molecular weight excluding hydrogens is 787 g/mol. The molecule has 1 atom stereocenters. The van der Waals surface area contributed by atoms with Crippen LogP contribution in [0.2, 0.25) is 0 Å². The van der Waals surface area contributed by atoms with E-state index in [0.29, 0.717) is 0 Å². The van der Waals surface area contributed by atoms with Gasteiger partial charge in [0.05, 0.1) is 5.69 Å². The van der Waals surface area contributed by atoms with Gasteiger partial charge in [0.25, 0.3) is 0 Å². The first-order valence-electron chi connectivity index (χ1n) is 22.8. The van der Waals surface area contributed by atoms with Crippen molar-refractivity contribution in [2.45, 2.75) is 18.8 Å². The highest BCUT2D eigenvalue weighted by Gasteiger charge is 2.30. The fourth-order valence-corrected chi connectivity index (χ4v) is 10.8. The molecule has 65 heavy (non-hydrogen) atoms. The largest absolute Gasteiger partial charge is 0.456 e. The lowest BCUT2D eigenvalue weighted by atomic mass is 9.83. The van der Waals surface area contributed by atoms with E-state index in [2.05, 4.69) is 235 Å². The van der Waals surface area contributed by atoms with E-state index in [4.69, 9.17) is 4.42 Å².